The van der Waals surface area contributed by atoms with Gasteiger partial charge >= 0.3 is 5.97 Å². The van der Waals surface area contributed by atoms with Crippen molar-refractivity contribution in [2.75, 3.05) is 19.6 Å². The first-order valence-electron chi connectivity index (χ1n) is 11.7. The van der Waals surface area contributed by atoms with Crippen LogP contribution >= 0.6 is 0 Å². The van der Waals surface area contributed by atoms with Crippen LogP contribution in [0.1, 0.15) is 66.4 Å². The van der Waals surface area contributed by atoms with Crippen LogP contribution in [-0.4, -0.2) is 45.7 Å². The molecule has 5 nitrogen and oxygen atoms in total. The number of hydrogen-bond acceptors (Lipinski definition) is 4. The van der Waals surface area contributed by atoms with Gasteiger partial charge in [0.25, 0.3) is 0 Å². The average molecular weight is 435 g/mol. The van der Waals surface area contributed by atoms with E-state index < -0.39 is 5.97 Å². The molecule has 1 aliphatic carbocycles. The topological polar surface area (TPSA) is 73.7 Å². The van der Waals surface area contributed by atoms with Gasteiger partial charge in [-0.2, -0.15) is 0 Å². The zero-order valence-electron chi connectivity index (χ0n) is 19.4. The van der Waals surface area contributed by atoms with Gasteiger partial charge in [-0.3, -0.25) is 0 Å². The van der Waals surface area contributed by atoms with Gasteiger partial charge < -0.3 is 15.1 Å². The van der Waals surface area contributed by atoms with E-state index >= 15 is 0 Å². The molecule has 0 bridgehead atoms. The lowest BCUT2D eigenvalue weighted by molar-refractivity contribution is 0.0695. The fourth-order valence-corrected chi connectivity index (χ4v) is 4.40. The normalized spacial score (nSPS) is 12.9. The average Bonchev–Trinajstić information content (AvgIpc) is 2.81. The number of rotatable bonds is 6. The zero-order valence-corrected chi connectivity index (χ0v) is 19.4. The highest BCUT2D eigenvalue weighted by Gasteiger charge is 2.23. The van der Waals surface area contributed by atoms with Crippen LogP contribution in [0, 0.1) is 0 Å². The van der Waals surface area contributed by atoms with Crippen LogP contribution in [0.2, 0.25) is 0 Å². The molecule has 1 aromatic heterocycles. The van der Waals surface area contributed by atoms with Gasteiger partial charge in [0.2, 0.25) is 0 Å². The Morgan fingerprint density at radius 2 is 1.62 bits per heavy atom. The van der Waals surface area contributed by atoms with Crippen molar-refractivity contribution < 1.29 is 15.0 Å². The second kappa shape index (κ2) is 11.1. The van der Waals surface area contributed by atoms with Gasteiger partial charge in [0.05, 0.1) is 11.2 Å². The Labute approximate surface area is 190 Å². The van der Waals surface area contributed by atoms with Crippen LogP contribution in [0.25, 0.3) is 10.9 Å². The van der Waals surface area contributed by atoms with Crippen LogP contribution in [0.4, 0.5) is 0 Å². The second-order valence-corrected chi connectivity index (χ2v) is 8.18. The zero-order chi connectivity index (χ0) is 23.1. The van der Waals surface area contributed by atoms with Crippen LogP contribution in [0.15, 0.2) is 42.5 Å². The smallest absolute Gasteiger partial charge is 0.340 e. The molecule has 0 radical (unpaired) electrons. The predicted octanol–water partition coefficient (Wildman–Crippen LogP) is 5.46. The van der Waals surface area contributed by atoms with E-state index in [-0.39, 0.29) is 11.3 Å². The molecule has 0 saturated heterocycles. The van der Waals surface area contributed by atoms with Gasteiger partial charge in [0, 0.05) is 11.8 Å². The highest BCUT2D eigenvalue weighted by atomic mass is 16.4. The van der Waals surface area contributed by atoms with Crippen molar-refractivity contribution in [1.82, 2.24) is 9.88 Å². The fourth-order valence-electron chi connectivity index (χ4n) is 4.40. The maximum atomic E-state index is 11.8. The molecular weight excluding hydrogens is 400 g/mol. The van der Waals surface area contributed by atoms with Crippen LogP contribution in [0.3, 0.4) is 0 Å². The Morgan fingerprint density at radius 3 is 2.22 bits per heavy atom. The van der Waals surface area contributed by atoms with Crippen molar-refractivity contribution in [2.24, 2.45) is 0 Å². The second-order valence-electron chi connectivity index (χ2n) is 8.18. The van der Waals surface area contributed by atoms with Crippen molar-refractivity contribution in [2.45, 2.75) is 52.9 Å². The number of hydrogen-bond donors (Lipinski definition) is 2. The summed E-state index contributed by atoms with van der Waals surface area (Å²) < 4.78 is 0. The highest BCUT2D eigenvalue weighted by molar-refractivity contribution is 6.06. The van der Waals surface area contributed by atoms with Crippen molar-refractivity contribution in [3.05, 3.63) is 70.4 Å². The first-order valence-corrected chi connectivity index (χ1v) is 11.7. The summed E-state index contributed by atoms with van der Waals surface area (Å²) in [5.41, 5.74) is 4.50. The number of aryl methyl sites for hydroxylation is 2. The van der Waals surface area contributed by atoms with Crippen molar-refractivity contribution in [3.63, 3.8) is 0 Å². The summed E-state index contributed by atoms with van der Waals surface area (Å²) in [6.07, 6.45) is 4.56. The van der Waals surface area contributed by atoms with E-state index in [4.69, 9.17) is 4.98 Å². The number of carboxylic acids is 1. The Bertz CT molecular complexity index is 1050. The van der Waals surface area contributed by atoms with Crippen molar-refractivity contribution in [1.29, 1.82) is 0 Å². The third-order valence-electron chi connectivity index (χ3n) is 6.30. The van der Waals surface area contributed by atoms with E-state index in [0.29, 0.717) is 17.5 Å². The molecule has 4 rings (SSSR count). The fraction of sp³-hybridized carbons (Fsp3) is 0.407. The number of aromatic nitrogens is 1. The van der Waals surface area contributed by atoms with E-state index in [0.717, 1.165) is 42.3 Å². The van der Waals surface area contributed by atoms with Crippen molar-refractivity contribution in [3.8, 4) is 5.75 Å². The number of fused-ring (bicyclic) bond motifs is 3. The lowest BCUT2D eigenvalue weighted by Gasteiger charge is -2.19. The summed E-state index contributed by atoms with van der Waals surface area (Å²) in [7, 11) is 0. The molecule has 0 atom stereocenters. The molecule has 0 fully saturated rings. The number of aromatic hydroxyl groups is 1. The summed E-state index contributed by atoms with van der Waals surface area (Å²) in [4.78, 5) is 18.9. The number of carbonyl (C=O) groups is 1. The minimum Gasteiger partial charge on any atom is -0.505 e. The van der Waals surface area contributed by atoms with E-state index in [9.17, 15) is 15.0 Å². The van der Waals surface area contributed by atoms with E-state index in [1.165, 1.54) is 25.2 Å². The summed E-state index contributed by atoms with van der Waals surface area (Å²) in [5.74, 6) is -1.34. The number of nitrogens with zero attached hydrogens (tertiary/aromatic N) is 2. The number of aromatic carboxylic acids is 1. The summed E-state index contributed by atoms with van der Waals surface area (Å²) in [6.45, 7) is 10.1. The molecule has 1 heterocycles. The predicted molar refractivity (Wildman–Crippen MR) is 130 cm³/mol. The quantitative estimate of drug-likeness (QED) is 0.539. The van der Waals surface area contributed by atoms with Gasteiger partial charge in [-0.25, -0.2) is 9.78 Å². The highest BCUT2D eigenvalue weighted by Crippen LogP contribution is 2.35. The van der Waals surface area contributed by atoms with Crippen molar-refractivity contribution >= 4 is 16.9 Å². The molecule has 2 N–H and O–H groups in total. The molecule has 0 amide bonds. The maximum absolute atomic E-state index is 11.8. The summed E-state index contributed by atoms with van der Waals surface area (Å²) in [6, 6.07) is 13.5. The molecule has 32 heavy (non-hydrogen) atoms. The molecule has 2 aromatic carbocycles. The standard InChI is InChI=1S/C21H19NO3.C6H15N/c23-20-17(12-13-6-2-1-3-7-13)22-19-15-9-5-4-8-14(15)10-11-16(19)18(20)21(24)25;1-4-7(5-2)6-3/h1-3,6-7,10-11,23H,4-5,8-9,12H2,(H,24,25);4-6H2,1-3H3. The SMILES string of the molecule is CCN(CC)CC.O=C(O)c1c(O)c(Cc2ccccc2)nc2c3c(ccc12)CCCC3. The lowest BCUT2D eigenvalue weighted by atomic mass is 9.88. The van der Waals surface area contributed by atoms with E-state index in [1.807, 2.05) is 36.4 Å². The summed E-state index contributed by atoms with van der Waals surface area (Å²) in [5, 5.41) is 20.8. The van der Waals surface area contributed by atoms with E-state index in [2.05, 4.69) is 25.7 Å². The summed E-state index contributed by atoms with van der Waals surface area (Å²) >= 11 is 0. The van der Waals surface area contributed by atoms with E-state index in [1.54, 1.807) is 6.07 Å². The Morgan fingerprint density at radius 1 is 0.969 bits per heavy atom. The third-order valence-corrected chi connectivity index (χ3v) is 6.30. The largest absolute Gasteiger partial charge is 0.505 e. The number of pyridine rings is 1. The molecule has 3 aromatic rings. The molecule has 0 saturated carbocycles. The first-order chi connectivity index (χ1) is 15.5. The monoisotopic (exact) mass is 434 g/mol. The van der Waals surface area contributed by atoms with Crippen LogP contribution in [0.5, 0.6) is 5.75 Å². The molecule has 5 heteroatoms. The molecule has 0 unspecified atom stereocenters. The van der Waals surface area contributed by atoms with Gasteiger partial charge in [-0.05, 0) is 62.0 Å². The lowest BCUT2D eigenvalue weighted by Crippen LogP contribution is -2.21. The minimum atomic E-state index is -1.12. The Hall–Kier alpha value is -2.92. The maximum Gasteiger partial charge on any atom is 0.340 e. The Kier molecular flexibility index (Phi) is 8.23. The van der Waals surface area contributed by atoms with Gasteiger partial charge in [-0.1, -0.05) is 63.2 Å². The molecule has 170 valence electrons. The van der Waals surface area contributed by atoms with Crippen LogP contribution in [-0.2, 0) is 19.3 Å². The molecule has 1 aliphatic rings. The third kappa shape index (κ3) is 5.28. The van der Waals surface area contributed by atoms with Crippen LogP contribution < -0.4 is 0 Å². The minimum absolute atomic E-state index is 0.0377. The molecule has 0 aliphatic heterocycles. The van der Waals surface area contributed by atoms with Gasteiger partial charge in [-0.15, -0.1) is 0 Å². The van der Waals surface area contributed by atoms with Gasteiger partial charge in [0.15, 0.2) is 5.75 Å². The Balaban J connectivity index is 0.000000360. The molecular formula is C27H34N2O3. The first kappa shape index (κ1) is 23.7. The number of carboxylic acid groups (broad SMARTS) is 1. The molecule has 0 spiro atoms. The number of benzene rings is 2. The van der Waals surface area contributed by atoms with Gasteiger partial charge in [0.1, 0.15) is 5.56 Å².